The molecule has 1 rings (SSSR count). The maximum Gasteiger partial charge on any atom is 0.248 e. The molecule has 0 fully saturated rings. The molecule has 0 saturated heterocycles. The largest absolute Gasteiger partial charge is 0.545 e. The van der Waals surface area contributed by atoms with Gasteiger partial charge in [0.2, 0.25) is 5.91 Å². The fourth-order valence-electron chi connectivity index (χ4n) is 1.15. The van der Waals surface area contributed by atoms with Crippen LogP contribution in [0.4, 0.5) is 5.69 Å². The standard InChI is InChI=1S/C12H13NO3/c1-8-3-4-10(7-9(8)2)13-11(14)5-6-12(15)16/h3-7H,1-2H3,(H,13,14)(H,15,16)/p-1/b6-5-. The second-order valence-electron chi connectivity index (χ2n) is 3.44. The van der Waals surface area contributed by atoms with Gasteiger partial charge >= 0.3 is 0 Å². The Morgan fingerprint density at radius 1 is 1.19 bits per heavy atom. The molecule has 0 saturated carbocycles. The van der Waals surface area contributed by atoms with Crippen molar-refractivity contribution in [1.82, 2.24) is 0 Å². The van der Waals surface area contributed by atoms with Crippen molar-refractivity contribution < 1.29 is 14.7 Å². The predicted octanol–water partition coefficient (Wildman–Crippen LogP) is 0.548. The number of aliphatic carboxylic acids is 1. The van der Waals surface area contributed by atoms with Crippen molar-refractivity contribution in [2.75, 3.05) is 5.32 Å². The van der Waals surface area contributed by atoms with Gasteiger partial charge in [-0.2, -0.15) is 0 Å². The summed E-state index contributed by atoms with van der Waals surface area (Å²) < 4.78 is 0. The van der Waals surface area contributed by atoms with Crippen molar-refractivity contribution in [3.63, 3.8) is 0 Å². The normalized spacial score (nSPS) is 10.4. The molecule has 84 valence electrons. The topological polar surface area (TPSA) is 69.2 Å². The second-order valence-corrected chi connectivity index (χ2v) is 3.44. The smallest absolute Gasteiger partial charge is 0.248 e. The number of carboxylic acids is 1. The molecule has 0 unspecified atom stereocenters. The summed E-state index contributed by atoms with van der Waals surface area (Å²) in [5.74, 6) is -1.89. The third kappa shape index (κ3) is 3.57. The molecule has 1 aromatic rings. The van der Waals surface area contributed by atoms with Gasteiger partial charge in [-0.15, -0.1) is 0 Å². The van der Waals surface area contributed by atoms with Crippen LogP contribution < -0.4 is 10.4 Å². The number of hydrogen-bond donors (Lipinski definition) is 1. The molecular weight excluding hydrogens is 206 g/mol. The highest BCUT2D eigenvalue weighted by Crippen LogP contribution is 2.13. The first-order chi connectivity index (χ1) is 7.49. The molecule has 0 aliphatic carbocycles. The maximum absolute atomic E-state index is 11.2. The molecule has 1 amide bonds. The number of amides is 1. The summed E-state index contributed by atoms with van der Waals surface area (Å²) >= 11 is 0. The number of aryl methyl sites for hydroxylation is 2. The number of anilines is 1. The van der Waals surface area contributed by atoms with Crippen LogP contribution in [0.3, 0.4) is 0 Å². The molecule has 1 aromatic carbocycles. The van der Waals surface area contributed by atoms with Gasteiger partial charge in [-0.1, -0.05) is 6.07 Å². The minimum atomic E-state index is -1.39. The maximum atomic E-state index is 11.2. The third-order valence-electron chi connectivity index (χ3n) is 2.15. The zero-order valence-electron chi connectivity index (χ0n) is 9.11. The summed E-state index contributed by atoms with van der Waals surface area (Å²) in [6.45, 7) is 3.90. The van der Waals surface area contributed by atoms with Crippen LogP contribution in [0.5, 0.6) is 0 Å². The molecular formula is C12H12NO3-. The van der Waals surface area contributed by atoms with E-state index in [0.29, 0.717) is 11.8 Å². The van der Waals surface area contributed by atoms with E-state index in [0.717, 1.165) is 17.2 Å². The molecule has 0 heterocycles. The number of benzene rings is 1. The average Bonchev–Trinajstić information content (AvgIpc) is 2.21. The lowest BCUT2D eigenvalue weighted by Crippen LogP contribution is -2.20. The molecule has 0 aromatic heterocycles. The van der Waals surface area contributed by atoms with Gasteiger partial charge < -0.3 is 15.2 Å². The highest BCUT2D eigenvalue weighted by Gasteiger charge is 1.99. The lowest BCUT2D eigenvalue weighted by Gasteiger charge is -2.05. The summed E-state index contributed by atoms with van der Waals surface area (Å²) in [4.78, 5) is 21.3. The molecule has 1 N–H and O–H groups in total. The fourth-order valence-corrected chi connectivity index (χ4v) is 1.15. The third-order valence-corrected chi connectivity index (χ3v) is 2.15. The first-order valence-electron chi connectivity index (χ1n) is 4.76. The minimum Gasteiger partial charge on any atom is -0.545 e. The lowest BCUT2D eigenvalue weighted by molar-refractivity contribution is -0.297. The van der Waals surface area contributed by atoms with E-state index in [1.165, 1.54) is 0 Å². The Hall–Kier alpha value is -2.10. The number of nitrogens with one attached hydrogen (secondary N) is 1. The van der Waals surface area contributed by atoms with Crippen LogP contribution in [0.2, 0.25) is 0 Å². The Morgan fingerprint density at radius 3 is 2.44 bits per heavy atom. The summed E-state index contributed by atoms with van der Waals surface area (Å²) in [5, 5.41) is 12.6. The van der Waals surface area contributed by atoms with Crippen molar-refractivity contribution in [1.29, 1.82) is 0 Å². The number of carboxylic acid groups (broad SMARTS) is 1. The van der Waals surface area contributed by atoms with E-state index in [-0.39, 0.29) is 0 Å². The van der Waals surface area contributed by atoms with Gasteiger partial charge in [0.15, 0.2) is 0 Å². The van der Waals surface area contributed by atoms with E-state index in [4.69, 9.17) is 0 Å². The summed E-state index contributed by atoms with van der Waals surface area (Å²) in [7, 11) is 0. The van der Waals surface area contributed by atoms with Gasteiger partial charge in [0.05, 0.1) is 5.97 Å². The average molecular weight is 218 g/mol. The first-order valence-corrected chi connectivity index (χ1v) is 4.76. The monoisotopic (exact) mass is 218 g/mol. The van der Waals surface area contributed by atoms with E-state index < -0.39 is 11.9 Å². The van der Waals surface area contributed by atoms with E-state index in [2.05, 4.69) is 5.32 Å². The fraction of sp³-hybridized carbons (Fsp3) is 0.167. The zero-order valence-corrected chi connectivity index (χ0v) is 9.11. The molecule has 0 spiro atoms. The summed E-state index contributed by atoms with van der Waals surface area (Å²) in [5.41, 5.74) is 2.82. The number of carbonyl (C=O) groups is 2. The molecule has 0 aliphatic rings. The van der Waals surface area contributed by atoms with Crippen LogP contribution in [0.15, 0.2) is 30.4 Å². The van der Waals surface area contributed by atoms with Gasteiger partial charge in [-0.25, -0.2) is 0 Å². The van der Waals surface area contributed by atoms with Crippen LogP contribution >= 0.6 is 0 Å². The molecule has 0 radical (unpaired) electrons. The van der Waals surface area contributed by atoms with Crippen LogP contribution in [0, 0.1) is 13.8 Å². The first kappa shape index (κ1) is 12.0. The number of rotatable bonds is 3. The van der Waals surface area contributed by atoms with E-state index >= 15 is 0 Å². The van der Waals surface area contributed by atoms with Gasteiger partial charge in [-0.05, 0) is 43.2 Å². The van der Waals surface area contributed by atoms with E-state index in [9.17, 15) is 14.7 Å². The number of hydrogen-bond acceptors (Lipinski definition) is 3. The quantitative estimate of drug-likeness (QED) is 0.753. The highest BCUT2D eigenvalue weighted by atomic mass is 16.4. The van der Waals surface area contributed by atoms with Crippen molar-refractivity contribution in [2.24, 2.45) is 0 Å². The lowest BCUT2D eigenvalue weighted by atomic mass is 10.1. The van der Waals surface area contributed by atoms with Crippen molar-refractivity contribution in [2.45, 2.75) is 13.8 Å². The van der Waals surface area contributed by atoms with Gasteiger partial charge in [0.1, 0.15) is 0 Å². The van der Waals surface area contributed by atoms with Crippen LogP contribution in [-0.2, 0) is 9.59 Å². The summed E-state index contributed by atoms with van der Waals surface area (Å²) in [6, 6.07) is 5.46. The Bertz CT molecular complexity index is 450. The summed E-state index contributed by atoms with van der Waals surface area (Å²) in [6.07, 6.45) is 1.61. The molecule has 0 aliphatic heterocycles. The molecule has 0 atom stereocenters. The van der Waals surface area contributed by atoms with E-state index in [1.54, 1.807) is 6.07 Å². The Morgan fingerprint density at radius 2 is 1.88 bits per heavy atom. The molecule has 0 bridgehead atoms. The van der Waals surface area contributed by atoms with E-state index in [1.807, 2.05) is 26.0 Å². The minimum absolute atomic E-state index is 0.493. The Labute approximate surface area is 93.6 Å². The van der Waals surface area contributed by atoms with Gasteiger partial charge in [0.25, 0.3) is 0 Å². The Balaban J connectivity index is 2.70. The van der Waals surface area contributed by atoms with Crippen molar-refractivity contribution in [3.05, 3.63) is 41.5 Å². The van der Waals surface area contributed by atoms with Crippen LogP contribution in [0.25, 0.3) is 0 Å². The van der Waals surface area contributed by atoms with Crippen molar-refractivity contribution in [3.8, 4) is 0 Å². The highest BCUT2D eigenvalue weighted by molar-refractivity contribution is 6.02. The molecule has 4 heteroatoms. The molecule has 16 heavy (non-hydrogen) atoms. The second kappa shape index (κ2) is 5.11. The SMILES string of the molecule is Cc1ccc(NC(=O)/C=C\C(=O)[O-])cc1C. The van der Waals surface area contributed by atoms with Gasteiger partial charge in [-0.3, -0.25) is 4.79 Å². The van der Waals surface area contributed by atoms with Crippen LogP contribution in [0.1, 0.15) is 11.1 Å². The van der Waals surface area contributed by atoms with Crippen LogP contribution in [-0.4, -0.2) is 11.9 Å². The predicted molar refractivity (Wildman–Crippen MR) is 58.7 cm³/mol. The zero-order chi connectivity index (χ0) is 12.1. The molecule has 4 nitrogen and oxygen atoms in total. The number of carbonyl (C=O) groups excluding carboxylic acids is 2. The Kier molecular flexibility index (Phi) is 3.83. The van der Waals surface area contributed by atoms with Gasteiger partial charge in [0, 0.05) is 11.8 Å². The van der Waals surface area contributed by atoms with Crippen molar-refractivity contribution >= 4 is 17.6 Å².